The smallest absolute Gasteiger partial charge is 0.234 e. The van der Waals surface area contributed by atoms with Crippen molar-refractivity contribution in [3.63, 3.8) is 0 Å². The molecule has 0 spiro atoms. The van der Waals surface area contributed by atoms with Gasteiger partial charge in [0.05, 0.1) is 12.6 Å². The van der Waals surface area contributed by atoms with Gasteiger partial charge in [-0.2, -0.15) is 0 Å². The quantitative estimate of drug-likeness (QED) is 0.906. The number of amides is 1. The summed E-state index contributed by atoms with van der Waals surface area (Å²) in [6, 6.07) is 12.5. The summed E-state index contributed by atoms with van der Waals surface area (Å²) in [5.74, 6) is 0.0959. The second-order valence-electron chi connectivity index (χ2n) is 6.51. The zero-order valence-corrected chi connectivity index (χ0v) is 15.2. The van der Waals surface area contributed by atoms with Gasteiger partial charge in [0.25, 0.3) is 0 Å². The highest BCUT2D eigenvalue weighted by molar-refractivity contribution is 7.10. The van der Waals surface area contributed by atoms with E-state index < -0.39 is 0 Å². The number of thiophene rings is 1. The zero-order valence-electron chi connectivity index (χ0n) is 14.4. The number of aryl methyl sites for hydroxylation is 1. The molecular weight excluding hydrogens is 318 g/mol. The standard InChI is InChI=1S/C19H25N3OS/c1-15-5-7-16(8-6-15)19(17-4-3-13-24-17)20-18(23)14-22-11-9-21(2)10-12-22/h3-8,13,19H,9-12,14H2,1-2H3,(H,20,23)/t19-/m1/s1. The molecule has 1 atom stereocenters. The minimum Gasteiger partial charge on any atom is -0.343 e. The maximum absolute atomic E-state index is 12.6. The fraction of sp³-hybridized carbons (Fsp3) is 0.421. The Labute approximate surface area is 148 Å². The van der Waals surface area contributed by atoms with Crippen LogP contribution < -0.4 is 5.32 Å². The van der Waals surface area contributed by atoms with Crippen molar-refractivity contribution in [2.24, 2.45) is 0 Å². The normalized spacial score (nSPS) is 17.6. The molecule has 0 unspecified atom stereocenters. The summed E-state index contributed by atoms with van der Waals surface area (Å²) >= 11 is 1.68. The molecule has 1 N–H and O–H groups in total. The third kappa shape index (κ3) is 4.44. The lowest BCUT2D eigenvalue weighted by molar-refractivity contribution is -0.123. The summed E-state index contributed by atoms with van der Waals surface area (Å²) < 4.78 is 0. The summed E-state index contributed by atoms with van der Waals surface area (Å²) in [6.45, 7) is 6.52. The van der Waals surface area contributed by atoms with Crippen LogP contribution >= 0.6 is 11.3 Å². The van der Waals surface area contributed by atoms with E-state index in [0.717, 1.165) is 31.7 Å². The van der Waals surface area contributed by atoms with Crippen LogP contribution in [0.1, 0.15) is 22.0 Å². The Kier molecular flexibility index (Phi) is 5.66. The third-order valence-corrected chi connectivity index (χ3v) is 5.44. The maximum Gasteiger partial charge on any atom is 0.234 e. The minimum absolute atomic E-state index is 0.0643. The van der Waals surface area contributed by atoms with Crippen LogP contribution in [-0.2, 0) is 4.79 Å². The van der Waals surface area contributed by atoms with Crippen LogP contribution in [0.15, 0.2) is 41.8 Å². The van der Waals surface area contributed by atoms with Crippen molar-refractivity contribution in [1.29, 1.82) is 0 Å². The van der Waals surface area contributed by atoms with Gasteiger partial charge in [-0.05, 0) is 31.0 Å². The van der Waals surface area contributed by atoms with E-state index in [1.165, 1.54) is 10.4 Å². The molecule has 1 fully saturated rings. The Morgan fingerprint density at radius 1 is 1.17 bits per heavy atom. The monoisotopic (exact) mass is 343 g/mol. The number of hydrogen-bond donors (Lipinski definition) is 1. The fourth-order valence-corrected chi connectivity index (χ4v) is 3.75. The predicted molar refractivity (Wildman–Crippen MR) is 99.4 cm³/mol. The lowest BCUT2D eigenvalue weighted by atomic mass is 10.0. The molecule has 2 aromatic rings. The first-order valence-corrected chi connectivity index (χ1v) is 9.30. The molecule has 1 aromatic heterocycles. The largest absolute Gasteiger partial charge is 0.343 e. The number of nitrogens with one attached hydrogen (secondary N) is 1. The molecule has 0 saturated carbocycles. The molecule has 1 saturated heterocycles. The highest BCUT2D eigenvalue weighted by Crippen LogP contribution is 2.26. The molecule has 128 valence electrons. The molecule has 4 nitrogen and oxygen atoms in total. The van der Waals surface area contributed by atoms with Crippen molar-refractivity contribution >= 4 is 17.2 Å². The van der Waals surface area contributed by atoms with Gasteiger partial charge in [-0.3, -0.25) is 9.69 Å². The van der Waals surface area contributed by atoms with Crippen molar-refractivity contribution in [3.05, 3.63) is 57.8 Å². The number of carbonyl (C=O) groups is 1. The van der Waals surface area contributed by atoms with Crippen LogP contribution in [0.5, 0.6) is 0 Å². The average molecular weight is 343 g/mol. The summed E-state index contributed by atoms with van der Waals surface area (Å²) in [5.41, 5.74) is 2.36. The molecule has 0 radical (unpaired) electrons. The Bertz CT molecular complexity index is 646. The molecule has 24 heavy (non-hydrogen) atoms. The van der Waals surface area contributed by atoms with Gasteiger partial charge in [0.2, 0.25) is 5.91 Å². The van der Waals surface area contributed by atoms with E-state index in [0.29, 0.717) is 6.54 Å². The molecule has 1 aliphatic heterocycles. The molecule has 5 heteroatoms. The number of piperazine rings is 1. The Morgan fingerprint density at radius 2 is 1.88 bits per heavy atom. The number of hydrogen-bond acceptors (Lipinski definition) is 4. The van der Waals surface area contributed by atoms with Crippen LogP contribution in [0.25, 0.3) is 0 Å². The van der Waals surface area contributed by atoms with E-state index in [4.69, 9.17) is 0 Å². The fourth-order valence-electron chi connectivity index (χ4n) is 2.95. The number of rotatable bonds is 5. The summed E-state index contributed by atoms with van der Waals surface area (Å²) in [5, 5.41) is 5.29. The molecule has 0 aliphatic carbocycles. The Balaban J connectivity index is 1.68. The van der Waals surface area contributed by atoms with Gasteiger partial charge in [0.1, 0.15) is 0 Å². The van der Waals surface area contributed by atoms with E-state index in [2.05, 4.69) is 64.8 Å². The lowest BCUT2D eigenvalue weighted by Crippen LogP contribution is -2.48. The Hall–Kier alpha value is -1.69. The van der Waals surface area contributed by atoms with E-state index in [9.17, 15) is 4.79 Å². The van der Waals surface area contributed by atoms with Gasteiger partial charge in [0, 0.05) is 31.1 Å². The molecule has 1 aromatic carbocycles. The Morgan fingerprint density at radius 3 is 2.50 bits per heavy atom. The summed E-state index contributed by atoms with van der Waals surface area (Å²) in [7, 11) is 2.13. The number of benzene rings is 1. The second kappa shape index (κ2) is 7.92. The number of nitrogens with zero attached hydrogens (tertiary/aromatic N) is 2. The topological polar surface area (TPSA) is 35.6 Å². The van der Waals surface area contributed by atoms with Crippen molar-refractivity contribution in [2.75, 3.05) is 39.8 Å². The number of carbonyl (C=O) groups excluding carboxylic acids is 1. The van der Waals surface area contributed by atoms with Gasteiger partial charge in [-0.15, -0.1) is 11.3 Å². The highest BCUT2D eigenvalue weighted by Gasteiger charge is 2.21. The first-order chi connectivity index (χ1) is 11.6. The van der Waals surface area contributed by atoms with Gasteiger partial charge in [0.15, 0.2) is 0 Å². The average Bonchev–Trinajstić information content (AvgIpc) is 3.10. The van der Waals surface area contributed by atoms with Gasteiger partial charge in [-0.1, -0.05) is 35.9 Å². The molecule has 0 bridgehead atoms. The summed E-state index contributed by atoms with van der Waals surface area (Å²) in [6.07, 6.45) is 0. The van der Waals surface area contributed by atoms with E-state index in [-0.39, 0.29) is 11.9 Å². The molecular formula is C19H25N3OS. The third-order valence-electron chi connectivity index (χ3n) is 4.51. The lowest BCUT2D eigenvalue weighted by Gasteiger charge is -2.32. The van der Waals surface area contributed by atoms with Crippen LogP contribution in [0.2, 0.25) is 0 Å². The van der Waals surface area contributed by atoms with Crippen LogP contribution in [-0.4, -0.2) is 55.5 Å². The van der Waals surface area contributed by atoms with Gasteiger partial charge >= 0.3 is 0 Å². The summed E-state index contributed by atoms with van der Waals surface area (Å²) in [4.78, 5) is 18.3. The highest BCUT2D eigenvalue weighted by atomic mass is 32.1. The van der Waals surface area contributed by atoms with Crippen molar-refractivity contribution in [3.8, 4) is 0 Å². The predicted octanol–water partition coefficient (Wildman–Crippen LogP) is 2.51. The van der Waals surface area contributed by atoms with Crippen LogP contribution in [0, 0.1) is 6.92 Å². The van der Waals surface area contributed by atoms with Crippen molar-refractivity contribution in [2.45, 2.75) is 13.0 Å². The number of likely N-dealkylation sites (N-methyl/N-ethyl adjacent to an activating group) is 1. The van der Waals surface area contributed by atoms with Crippen LogP contribution in [0.3, 0.4) is 0 Å². The second-order valence-corrected chi connectivity index (χ2v) is 7.49. The van der Waals surface area contributed by atoms with Crippen molar-refractivity contribution < 1.29 is 4.79 Å². The molecule has 1 amide bonds. The molecule has 2 heterocycles. The van der Waals surface area contributed by atoms with E-state index in [1.54, 1.807) is 11.3 Å². The first-order valence-electron chi connectivity index (χ1n) is 8.42. The van der Waals surface area contributed by atoms with Crippen molar-refractivity contribution in [1.82, 2.24) is 15.1 Å². The molecule has 1 aliphatic rings. The van der Waals surface area contributed by atoms with E-state index in [1.807, 2.05) is 6.07 Å². The maximum atomic E-state index is 12.6. The van der Waals surface area contributed by atoms with Gasteiger partial charge < -0.3 is 10.2 Å². The first kappa shape index (κ1) is 17.1. The minimum atomic E-state index is -0.0643. The van der Waals surface area contributed by atoms with Crippen LogP contribution in [0.4, 0.5) is 0 Å². The van der Waals surface area contributed by atoms with Gasteiger partial charge in [-0.25, -0.2) is 0 Å². The van der Waals surface area contributed by atoms with E-state index >= 15 is 0 Å². The zero-order chi connectivity index (χ0) is 16.9. The molecule has 3 rings (SSSR count). The SMILES string of the molecule is Cc1ccc([C@@H](NC(=O)CN2CCN(C)CC2)c2cccs2)cc1.